The number of aromatic nitrogens is 2. The van der Waals surface area contributed by atoms with E-state index in [-0.39, 0.29) is 165 Å². The Morgan fingerprint density at radius 1 is 0.530 bits per heavy atom. The topological polar surface area (TPSA) is 139 Å². The predicted molar refractivity (Wildman–Crippen MR) is 347 cm³/mol. The van der Waals surface area contributed by atoms with Crippen LogP contribution in [0.4, 0.5) is 0 Å². The minimum absolute atomic E-state index is 0. The molecule has 8 heterocycles. The molecule has 2 saturated carbocycles. The van der Waals surface area contributed by atoms with Gasteiger partial charge >= 0.3 is 18.9 Å². The predicted octanol–water partition coefficient (Wildman–Crippen LogP) is 3.22. The van der Waals surface area contributed by atoms with E-state index in [9.17, 15) is 24.3 Å². The van der Waals surface area contributed by atoms with Gasteiger partial charge in [0, 0.05) is 70.0 Å². The van der Waals surface area contributed by atoms with Crippen LogP contribution in [0.15, 0.2) is 159 Å². The van der Waals surface area contributed by atoms with Crippen LogP contribution < -0.4 is 66.4 Å². The van der Waals surface area contributed by atoms with Gasteiger partial charge in [-0.2, -0.15) is 81.0 Å². The van der Waals surface area contributed by atoms with Crippen molar-refractivity contribution in [3.8, 4) is 23.0 Å². The SMILES string of the molecule is O=C1c2c(O)c(=O)ccn2N2CN1C[C@H]1C[C@@H]1COc1cccc3c1[C@H]2c1ccccc1SC3.O=C1c2c(OCc3ccccc3)c(=O)ccn2N2CN1C[C@H]1C[C@@H]1COc1cccc3c1[C@H]2c1ccccc1SC3.S.S.S.S.S.S.[Cl-].[Li+]. The Hall–Kier alpha value is -4.57. The fourth-order valence-electron chi connectivity index (χ4n) is 12.0. The Morgan fingerprint density at radius 3 is 1.51 bits per heavy atom. The molecular weight excluding hydrogens is 1220 g/mol. The molecule has 434 valence electrons. The number of pyridine rings is 2. The number of aromatic hydroxyl groups is 1. The van der Waals surface area contributed by atoms with Crippen LogP contribution in [0.3, 0.4) is 0 Å². The average molecular weight is 1280 g/mol. The number of carbonyl (C=O) groups excluding carboxylic acids is 2. The van der Waals surface area contributed by atoms with Crippen LogP contribution >= 0.6 is 104 Å². The van der Waals surface area contributed by atoms with E-state index in [0.717, 1.165) is 63.7 Å². The third-order valence-corrected chi connectivity index (χ3v) is 18.4. The van der Waals surface area contributed by atoms with E-state index in [1.807, 2.05) is 69.9 Å². The molecule has 0 saturated heterocycles. The van der Waals surface area contributed by atoms with Crippen LogP contribution in [-0.4, -0.2) is 75.7 Å². The third kappa shape index (κ3) is 12.4. The van der Waals surface area contributed by atoms with Crippen LogP contribution in [0.2, 0.25) is 0 Å². The molecule has 2 fully saturated rings. The minimum Gasteiger partial charge on any atom is -1.00 e. The van der Waals surface area contributed by atoms with Crippen molar-refractivity contribution in [3.63, 3.8) is 0 Å². The molecule has 83 heavy (non-hydrogen) atoms. The van der Waals surface area contributed by atoms with E-state index in [1.54, 1.807) is 33.7 Å². The second kappa shape index (κ2) is 27.9. The first-order chi connectivity index (χ1) is 36.8. The Kier molecular flexibility index (Phi) is 22.7. The van der Waals surface area contributed by atoms with Gasteiger partial charge in [0.2, 0.25) is 10.9 Å². The standard InChI is InChI=1S/C33H29N3O4S.C26H23N3O4S.ClH.Li.6H2S/c37-26-13-14-35-31(32(26)40-17-21-7-2-1-3-8-21)33(38)34-16-23-15-24(23)18-39-27-11-6-9-22-19-41-28-12-5-4-10-25(28)30(29(22)27)36(35)20-34;30-19-8-9-28-24(25(19)31)26(32)27-11-16-10-17(16)12-33-20-6-3-4-15-13-34-21-7-2-1-5-18(21)23(22(15)20)29(28)14-27;;;;;;;;/h1-14,23-24,30H,15-20H2;1-9,16-17,23,31H,10-14H2;1H;;6*1H2/q;;;+1;;;;;;/p-1/t23-,24-,30-;16-,17-,23-;;;;;;;;/m11......../s1. The van der Waals surface area contributed by atoms with Crippen molar-refractivity contribution in [1.82, 2.24) is 19.2 Å². The zero-order valence-corrected chi connectivity index (χ0v) is 53.6. The van der Waals surface area contributed by atoms with Crippen LogP contribution in [0.25, 0.3) is 0 Å². The Labute approximate surface area is 550 Å². The van der Waals surface area contributed by atoms with E-state index in [0.29, 0.717) is 63.3 Å². The van der Waals surface area contributed by atoms with E-state index in [1.165, 1.54) is 33.1 Å². The Bertz CT molecular complexity index is 3630. The van der Waals surface area contributed by atoms with Gasteiger partial charge in [-0.1, -0.05) is 91.0 Å². The van der Waals surface area contributed by atoms with E-state index >= 15 is 0 Å². The van der Waals surface area contributed by atoms with Gasteiger partial charge in [-0.3, -0.25) is 38.5 Å². The molecule has 2 amide bonds. The van der Waals surface area contributed by atoms with Gasteiger partial charge in [0.15, 0.2) is 22.9 Å². The average Bonchev–Trinajstić information content (AvgIpc) is 4.45. The summed E-state index contributed by atoms with van der Waals surface area (Å²) in [5.41, 5.74) is 7.28. The second-order valence-corrected chi connectivity index (χ2v) is 22.7. The van der Waals surface area contributed by atoms with Crippen LogP contribution in [0, 0.1) is 23.7 Å². The van der Waals surface area contributed by atoms with Gasteiger partial charge in [0.25, 0.3) is 11.8 Å². The van der Waals surface area contributed by atoms with Gasteiger partial charge in [-0.15, -0.1) is 23.5 Å². The second-order valence-electron chi connectivity index (χ2n) is 20.7. The molecule has 14 nitrogen and oxygen atoms in total. The largest absolute Gasteiger partial charge is 1.00 e. The molecule has 1 N–H and O–H groups in total. The third-order valence-electron chi connectivity index (χ3n) is 16.1. The first-order valence-corrected chi connectivity index (χ1v) is 27.6. The molecule has 15 rings (SSSR count). The number of halogens is 1. The molecule has 0 unspecified atom stereocenters. The summed E-state index contributed by atoms with van der Waals surface area (Å²) in [5.74, 6) is 4.05. The number of rotatable bonds is 3. The fourth-order valence-corrected chi connectivity index (χ4v) is 14.1. The van der Waals surface area contributed by atoms with Crippen molar-refractivity contribution in [2.24, 2.45) is 23.7 Å². The quantitative estimate of drug-likeness (QED) is 0.260. The van der Waals surface area contributed by atoms with Gasteiger partial charge in [0.1, 0.15) is 43.5 Å². The van der Waals surface area contributed by atoms with E-state index in [2.05, 4.69) is 76.7 Å². The van der Waals surface area contributed by atoms with Crippen molar-refractivity contribution in [1.29, 1.82) is 0 Å². The van der Waals surface area contributed by atoms with Gasteiger partial charge < -0.3 is 41.5 Å². The van der Waals surface area contributed by atoms with Crippen molar-refractivity contribution in [2.75, 3.05) is 49.7 Å². The fraction of sp³-hybridized carbons (Fsp3) is 0.288. The molecule has 6 atom stereocenters. The monoisotopic (exact) mass is 1280 g/mol. The molecule has 24 heteroatoms. The number of amides is 2. The van der Waals surface area contributed by atoms with Crippen molar-refractivity contribution >= 4 is 116 Å². The number of thioether (sulfide) groups is 2. The Balaban J connectivity index is 0.000000246. The summed E-state index contributed by atoms with van der Waals surface area (Å²) in [7, 11) is 0. The summed E-state index contributed by atoms with van der Waals surface area (Å²) in [6.07, 6.45) is 5.37. The molecular formula is C59H64ClLiN6O8S8. The zero-order valence-electron chi connectivity index (χ0n) is 45.2. The molecule has 7 aromatic rings. The summed E-state index contributed by atoms with van der Waals surface area (Å²) < 4.78 is 22.7. The number of hydrogen-bond acceptors (Lipinski definition) is 12. The molecule has 2 aromatic heterocycles. The number of hydrogen-bond donors (Lipinski definition) is 1. The number of fused-ring (bicyclic) bond motifs is 16. The van der Waals surface area contributed by atoms with E-state index in [4.69, 9.17) is 14.2 Å². The molecule has 5 aromatic carbocycles. The van der Waals surface area contributed by atoms with Gasteiger partial charge in [-0.25, -0.2) is 0 Å². The summed E-state index contributed by atoms with van der Waals surface area (Å²) in [5, 5.41) is 15.0. The van der Waals surface area contributed by atoms with Crippen LogP contribution in [0.5, 0.6) is 23.0 Å². The first kappa shape index (κ1) is 67.6. The molecule has 0 radical (unpaired) electrons. The number of nitrogens with zero attached hydrogens (tertiary/aromatic N) is 6. The van der Waals surface area contributed by atoms with Crippen LogP contribution in [-0.2, 0) is 18.1 Å². The normalized spacial score (nSPS) is 21.0. The maximum atomic E-state index is 14.2. The summed E-state index contributed by atoms with van der Waals surface area (Å²) >= 11 is 3.61. The Morgan fingerprint density at radius 2 is 0.988 bits per heavy atom. The number of ether oxygens (including phenoxy) is 3. The molecule has 2 aliphatic carbocycles. The molecule has 6 aliphatic heterocycles. The smallest absolute Gasteiger partial charge is 1.00 e. The number of benzene rings is 5. The zero-order chi connectivity index (χ0) is 50.5. The maximum Gasteiger partial charge on any atom is 1.00 e. The summed E-state index contributed by atoms with van der Waals surface area (Å²) in [6, 6.07) is 41.4. The van der Waals surface area contributed by atoms with Crippen molar-refractivity contribution in [3.05, 3.63) is 211 Å². The van der Waals surface area contributed by atoms with Crippen LogP contribution in [0.1, 0.15) is 84.8 Å². The van der Waals surface area contributed by atoms with Crippen molar-refractivity contribution in [2.45, 2.75) is 52.8 Å². The molecule has 8 aliphatic rings. The minimum atomic E-state index is -0.545. The number of carbonyl (C=O) groups is 2. The molecule has 0 spiro atoms. The molecule has 4 bridgehead atoms. The summed E-state index contributed by atoms with van der Waals surface area (Å²) in [4.78, 5) is 59.4. The van der Waals surface area contributed by atoms with Crippen molar-refractivity contribution < 1.29 is 60.2 Å². The van der Waals surface area contributed by atoms with Gasteiger partial charge in [-0.05, 0) is 88.6 Å². The maximum absolute atomic E-state index is 14.2. The van der Waals surface area contributed by atoms with E-state index < -0.39 is 11.2 Å². The first-order valence-electron chi connectivity index (χ1n) is 25.7. The summed E-state index contributed by atoms with van der Waals surface area (Å²) in [6.45, 7) is 3.42. The van der Waals surface area contributed by atoms with Gasteiger partial charge in [0.05, 0.1) is 13.2 Å².